The Labute approximate surface area is 93.5 Å². The van der Waals surface area contributed by atoms with E-state index in [9.17, 15) is 9.18 Å². The summed E-state index contributed by atoms with van der Waals surface area (Å²) in [7, 11) is 3.44. The van der Waals surface area contributed by atoms with Crippen LogP contribution in [0.4, 0.5) is 10.1 Å². The first-order chi connectivity index (χ1) is 7.47. The largest absolute Gasteiger partial charge is 0.481 e. The zero-order valence-electron chi connectivity index (χ0n) is 9.27. The number of halogens is 1. The van der Waals surface area contributed by atoms with Crippen molar-refractivity contribution in [3.63, 3.8) is 0 Å². The molecule has 0 heterocycles. The summed E-state index contributed by atoms with van der Waals surface area (Å²) in [6, 6.07) is 4.36. The van der Waals surface area contributed by atoms with E-state index in [2.05, 4.69) is 0 Å². The van der Waals surface area contributed by atoms with Crippen molar-refractivity contribution >= 4 is 11.7 Å². The number of anilines is 1. The number of nitrogens with zero attached hydrogens (tertiary/aromatic N) is 1. The van der Waals surface area contributed by atoms with Crippen LogP contribution in [-0.4, -0.2) is 31.7 Å². The third kappa shape index (κ3) is 2.49. The Hall–Kier alpha value is -1.62. The standard InChI is InChI=1S/C11H15FN2O2/c1-14(2)10-4-3-7(5-9(10)12)8(6-13)11(15)16/h3-5,8H,6,13H2,1-2H3,(H,15,16). The van der Waals surface area contributed by atoms with Crippen LogP contribution in [0.25, 0.3) is 0 Å². The predicted molar refractivity (Wildman–Crippen MR) is 60.2 cm³/mol. The van der Waals surface area contributed by atoms with E-state index in [-0.39, 0.29) is 6.54 Å². The third-order valence-corrected chi connectivity index (χ3v) is 2.39. The Morgan fingerprint density at radius 2 is 2.19 bits per heavy atom. The molecule has 1 rings (SSSR count). The number of carboxylic acid groups (broad SMARTS) is 1. The highest BCUT2D eigenvalue weighted by Gasteiger charge is 2.19. The Bertz CT molecular complexity index is 394. The zero-order chi connectivity index (χ0) is 12.3. The van der Waals surface area contributed by atoms with Gasteiger partial charge in [0.1, 0.15) is 5.82 Å². The first-order valence-electron chi connectivity index (χ1n) is 4.87. The molecule has 0 radical (unpaired) electrons. The molecule has 0 aliphatic rings. The van der Waals surface area contributed by atoms with Crippen LogP contribution in [0.15, 0.2) is 18.2 Å². The molecule has 0 spiro atoms. The minimum Gasteiger partial charge on any atom is -0.481 e. The van der Waals surface area contributed by atoms with Gasteiger partial charge in [-0.05, 0) is 17.7 Å². The number of carboxylic acids is 1. The molecule has 3 N–H and O–H groups in total. The third-order valence-electron chi connectivity index (χ3n) is 2.39. The van der Waals surface area contributed by atoms with Gasteiger partial charge in [0.05, 0.1) is 11.6 Å². The first kappa shape index (κ1) is 12.4. The maximum absolute atomic E-state index is 13.6. The molecule has 5 heteroatoms. The number of hydrogen-bond donors (Lipinski definition) is 2. The van der Waals surface area contributed by atoms with Gasteiger partial charge < -0.3 is 15.7 Å². The van der Waals surface area contributed by atoms with Crippen LogP contribution in [0, 0.1) is 5.82 Å². The van der Waals surface area contributed by atoms with E-state index in [1.807, 2.05) is 0 Å². The fourth-order valence-electron chi connectivity index (χ4n) is 1.48. The maximum Gasteiger partial charge on any atom is 0.312 e. The molecule has 0 aliphatic carbocycles. The average molecular weight is 226 g/mol. The normalized spacial score (nSPS) is 12.2. The van der Waals surface area contributed by atoms with Crippen LogP contribution in [-0.2, 0) is 4.79 Å². The van der Waals surface area contributed by atoms with E-state index in [4.69, 9.17) is 10.8 Å². The lowest BCUT2D eigenvalue weighted by molar-refractivity contribution is -0.138. The van der Waals surface area contributed by atoms with Gasteiger partial charge in [-0.1, -0.05) is 6.07 Å². The lowest BCUT2D eigenvalue weighted by atomic mass is 9.99. The van der Waals surface area contributed by atoms with Gasteiger partial charge in [0.25, 0.3) is 0 Å². The fraction of sp³-hybridized carbons (Fsp3) is 0.364. The molecule has 88 valence electrons. The van der Waals surface area contributed by atoms with Crippen molar-refractivity contribution in [1.82, 2.24) is 0 Å². The van der Waals surface area contributed by atoms with E-state index < -0.39 is 17.7 Å². The molecule has 0 aromatic heterocycles. The minimum absolute atomic E-state index is 0.0456. The SMILES string of the molecule is CN(C)c1ccc(C(CN)C(=O)O)cc1F. The molecule has 1 atom stereocenters. The van der Waals surface area contributed by atoms with Gasteiger partial charge in [-0.15, -0.1) is 0 Å². The highest BCUT2D eigenvalue weighted by Crippen LogP contribution is 2.23. The van der Waals surface area contributed by atoms with Crippen LogP contribution < -0.4 is 10.6 Å². The van der Waals surface area contributed by atoms with Gasteiger partial charge in [0.15, 0.2) is 0 Å². The summed E-state index contributed by atoms with van der Waals surface area (Å²) in [5.74, 6) is -2.34. The number of aliphatic carboxylic acids is 1. The highest BCUT2D eigenvalue weighted by molar-refractivity contribution is 5.76. The molecule has 0 bridgehead atoms. The number of hydrogen-bond acceptors (Lipinski definition) is 3. The second-order valence-electron chi connectivity index (χ2n) is 3.73. The maximum atomic E-state index is 13.6. The molecule has 0 saturated carbocycles. The van der Waals surface area contributed by atoms with Crippen LogP contribution in [0.1, 0.15) is 11.5 Å². The summed E-state index contributed by atoms with van der Waals surface area (Å²) in [5.41, 5.74) is 6.15. The summed E-state index contributed by atoms with van der Waals surface area (Å²) in [4.78, 5) is 12.5. The van der Waals surface area contributed by atoms with E-state index in [0.29, 0.717) is 11.3 Å². The number of carbonyl (C=O) groups is 1. The Balaban J connectivity index is 3.09. The Morgan fingerprint density at radius 3 is 2.56 bits per heavy atom. The quantitative estimate of drug-likeness (QED) is 0.804. The number of nitrogens with two attached hydrogens (primary N) is 1. The summed E-state index contributed by atoms with van der Waals surface area (Å²) in [6.45, 7) is -0.0456. The van der Waals surface area contributed by atoms with E-state index >= 15 is 0 Å². The van der Waals surface area contributed by atoms with Crippen LogP contribution in [0.2, 0.25) is 0 Å². The first-order valence-corrected chi connectivity index (χ1v) is 4.87. The van der Waals surface area contributed by atoms with Crippen LogP contribution in [0.5, 0.6) is 0 Å². The number of benzene rings is 1. The summed E-state index contributed by atoms with van der Waals surface area (Å²) < 4.78 is 13.6. The van der Waals surface area contributed by atoms with Gasteiger partial charge in [-0.25, -0.2) is 4.39 Å². The van der Waals surface area contributed by atoms with Gasteiger partial charge in [0.2, 0.25) is 0 Å². The zero-order valence-corrected chi connectivity index (χ0v) is 9.27. The van der Waals surface area contributed by atoms with Gasteiger partial charge >= 0.3 is 5.97 Å². The molecule has 0 saturated heterocycles. The molecule has 1 unspecified atom stereocenters. The lowest BCUT2D eigenvalue weighted by Gasteiger charge is -2.16. The van der Waals surface area contributed by atoms with E-state index in [1.54, 1.807) is 31.1 Å². The second kappa shape index (κ2) is 4.94. The highest BCUT2D eigenvalue weighted by atomic mass is 19.1. The smallest absolute Gasteiger partial charge is 0.312 e. The van der Waals surface area contributed by atoms with E-state index in [0.717, 1.165) is 0 Å². The minimum atomic E-state index is -1.04. The van der Waals surface area contributed by atoms with Crippen molar-refractivity contribution in [3.8, 4) is 0 Å². The summed E-state index contributed by atoms with van der Waals surface area (Å²) >= 11 is 0. The van der Waals surface area contributed by atoms with Crippen molar-refractivity contribution < 1.29 is 14.3 Å². The second-order valence-corrected chi connectivity index (χ2v) is 3.73. The van der Waals surface area contributed by atoms with Crippen molar-refractivity contribution in [2.45, 2.75) is 5.92 Å². The molecule has 0 aliphatic heterocycles. The molecule has 16 heavy (non-hydrogen) atoms. The topological polar surface area (TPSA) is 66.6 Å². The summed E-state index contributed by atoms with van der Waals surface area (Å²) in [6.07, 6.45) is 0. The van der Waals surface area contributed by atoms with Gasteiger partial charge in [0, 0.05) is 20.6 Å². The van der Waals surface area contributed by atoms with Crippen LogP contribution in [0.3, 0.4) is 0 Å². The Morgan fingerprint density at radius 1 is 1.56 bits per heavy atom. The van der Waals surface area contributed by atoms with Gasteiger partial charge in [-0.2, -0.15) is 0 Å². The average Bonchev–Trinajstić information content (AvgIpc) is 2.17. The Kier molecular flexibility index (Phi) is 3.84. The lowest BCUT2D eigenvalue weighted by Crippen LogP contribution is -2.21. The molecule has 1 aromatic rings. The molecular formula is C11H15FN2O2. The predicted octanol–water partition coefficient (Wildman–Crippen LogP) is 1.02. The van der Waals surface area contributed by atoms with E-state index in [1.165, 1.54) is 6.07 Å². The monoisotopic (exact) mass is 226 g/mol. The summed E-state index contributed by atoms with van der Waals surface area (Å²) in [5, 5.41) is 8.88. The molecule has 0 amide bonds. The fourth-order valence-corrected chi connectivity index (χ4v) is 1.48. The number of rotatable bonds is 4. The van der Waals surface area contributed by atoms with Crippen LogP contribution >= 0.6 is 0 Å². The molecule has 4 nitrogen and oxygen atoms in total. The molecule has 0 fully saturated rings. The molecule has 1 aromatic carbocycles. The van der Waals surface area contributed by atoms with Gasteiger partial charge in [-0.3, -0.25) is 4.79 Å². The molecular weight excluding hydrogens is 211 g/mol. The van der Waals surface area contributed by atoms with Crippen molar-refractivity contribution in [2.75, 3.05) is 25.5 Å². The van der Waals surface area contributed by atoms with Crippen molar-refractivity contribution in [3.05, 3.63) is 29.6 Å². The van der Waals surface area contributed by atoms with Crippen molar-refractivity contribution in [2.24, 2.45) is 5.73 Å². The van der Waals surface area contributed by atoms with Crippen molar-refractivity contribution in [1.29, 1.82) is 0 Å².